The predicted molar refractivity (Wildman–Crippen MR) is 61.9 cm³/mol. The lowest BCUT2D eigenvalue weighted by atomic mass is 9.97. The fourth-order valence-electron chi connectivity index (χ4n) is 1.57. The van der Waals surface area contributed by atoms with Gasteiger partial charge in [0.15, 0.2) is 0 Å². The maximum Gasteiger partial charge on any atom is 0.225 e. The summed E-state index contributed by atoms with van der Waals surface area (Å²) in [5, 5.41) is 23.2. The Morgan fingerprint density at radius 3 is 2.41 bits per heavy atom. The summed E-state index contributed by atoms with van der Waals surface area (Å²) in [4.78, 5) is 0. The first-order valence-corrected chi connectivity index (χ1v) is 5.37. The van der Waals surface area contributed by atoms with Crippen LogP contribution < -0.4 is 5.73 Å². The van der Waals surface area contributed by atoms with E-state index in [4.69, 9.17) is 5.73 Å². The van der Waals surface area contributed by atoms with E-state index in [2.05, 4.69) is 34.5 Å². The fraction of sp³-hybridized carbons (Fsp3) is 0.364. The van der Waals surface area contributed by atoms with E-state index in [0.29, 0.717) is 11.5 Å². The van der Waals surface area contributed by atoms with E-state index in [-0.39, 0.29) is 5.82 Å². The molecule has 0 aliphatic heterocycles. The first-order chi connectivity index (χ1) is 8.01. The van der Waals surface area contributed by atoms with Gasteiger partial charge in [0, 0.05) is 5.56 Å². The Hall–Kier alpha value is -1.79. The average Bonchev–Trinajstić information content (AvgIpc) is 2.83. The predicted octanol–water partition coefficient (Wildman–Crippen LogP) is 0.475. The highest BCUT2D eigenvalue weighted by Crippen LogP contribution is 2.22. The fourth-order valence-corrected chi connectivity index (χ4v) is 1.57. The van der Waals surface area contributed by atoms with Gasteiger partial charge in [-0.2, -0.15) is 5.21 Å². The summed E-state index contributed by atoms with van der Waals surface area (Å²) in [7, 11) is 0. The molecule has 2 aromatic rings. The summed E-state index contributed by atoms with van der Waals surface area (Å²) in [6.07, 6.45) is 0. The standard InChI is InChI=1S/C11H15N5O/c1-7(2)8-3-5-9(6-4-8)11(12,17)10-13-15-16-14-10/h3-7,17H,12H2,1-2H3,(H,13,14,15,16). The van der Waals surface area contributed by atoms with Crippen molar-refractivity contribution in [2.75, 3.05) is 0 Å². The molecular weight excluding hydrogens is 218 g/mol. The number of tetrazole rings is 1. The molecule has 17 heavy (non-hydrogen) atoms. The molecule has 1 atom stereocenters. The average molecular weight is 233 g/mol. The van der Waals surface area contributed by atoms with Crippen molar-refractivity contribution in [2.24, 2.45) is 5.73 Å². The van der Waals surface area contributed by atoms with Gasteiger partial charge in [-0.15, -0.1) is 10.2 Å². The van der Waals surface area contributed by atoms with Gasteiger partial charge >= 0.3 is 0 Å². The molecule has 6 heteroatoms. The van der Waals surface area contributed by atoms with Crippen LogP contribution in [0.1, 0.15) is 36.7 Å². The number of aromatic amines is 1. The molecule has 1 aromatic carbocycles. The molecule has 0 bridgehead atoms. The highest BCUT2D eigenvalue weighted by atomic mass is 16.3. The molecule has 0 spiro atoms. The summed E-state index contributed by atoms with van der Waals surface area (Å²) in [5.41, 5.74) is 5.79. The van der Waals surface area contributed by atoms with Gasteiger partial charge < -0.3 is 5.11 Å². The van der Waals surface area contributed by atoms with E-state index >= 15 is 0 Å². The zero-order chi connectivity index (χ0) is 12.5. The first kappa shape index (κ1) is 11.7. The zero-order valence-corrected chi connectivity index (χ0v) is 9.75. The summed E-state index contributed by atoms with van der Waals surface area (Å²) < 4.78 is 0. The van der Waals surface area contributed by atoms with Crippen LogP contribution >= 0.6 is 0 Å². The van der Waals surface area contributed by atoms with Crippen LogP contribution in [0.3, 0.4) is 0 Å². The topological polar surface area (TPSA) is 101 Å². The Morgan fingerprint density at radius 2 is 1.94 bits per heavy atom. The minimum Gasteiger partial charge on any atom is -0.365 e. The van der Waals surface area contributed by atoms with Gasteiger partial charge in [0.05, 0.1) is 0 Å². The first-order valence-electron chi connectivity index (χ1n) is 5.37. The number of nitrogens with one attached hydrogen (secondary N) is 1. The van der Waals surface area contributed by atoms with Gasteiger partial charge in [0.1, 0.15) is 0 Å². The van der Waals surface area contributed by atoms with Crippen molar-refractivity contribution in [3.63, 3.8) is 0 Å². The second-order valence-electron chi connectivity index (χ2n) is 4.28. The zero-order valence-electron chi connectivity index (χ0n) is 9.75. The maximum atomic E-state index is 10.2. The van der Waals surface area contributed by atoms with Gasteiger partial charge in [-0.3, -0.25) is 5.73 Å². The lowest BCUT2D eigenvalue weighted by Gasteiger charge is -2.20. The molecule has 0 fully saturated rings. The normalized spacial score (nSPS) is 14.9. The van der Waals surface area contributed by atoms with Gasteiger partial charge in [0.25, 0.3) is 0 Å². The highest BCUT2D eigenvalue weighted by molar-refractivity contribution is 5.31. The largest absolute Gasteiger partial charge is 0.365 e. The number of aliphatic hydroxyl groups is 1. The molecule has 4 N–H and O–H groups in total. The van der Waals surface area contributed by atoms with Crippen molar-refractivity contribution in [1.29, 1.82) is 0 Å². The molecule has 0 amide bonds. The Balaban J connectivity index is 2.34. The molecular formula is C11H15N5O. The molecule has 2 rings (SSSR count). The van der Waals surface area contributed by atoms with Gasteiger partial charge in [-0.1, -0.05) is 38.1 Å². The third-order valence-electron chi connectivity index (χ3n) is 2.70. The molecule has 1 aromatic heterocycles. The SMILES string of the molecule is CC(C)c1ccc(C(N)(O)c2nn[nH]n2)cc1. The van der Waals surface area contributed by atoms with E-state index in [1.165, 1.54) is 5.56 Å². The Kier molecular flexibility index (Phi) is 2.91. The lowest BCUT2D eigenvalue weighted by Crippen LogP contribution is -2.38. The van der Waals surface area contributed by atoms with Crippen LogP contribution in [0.25, 0.3) is 0 Å². The summed E-state index contributed by atoms with van der Waals surface area (Å²) in [5.74, 6) is 0.481. The minimum atomic E-state index is -1.72. The van der Waals surface area contributed by atoms with Crippen molar-refractivity contribution in [1.82, 2.24) is 20.6 Å². The number of nitrogens with two attached hydrogens (primary N) is 1. The Labute approximate surface area is 98.9 Å². The highest BCUT2D eigenvalue weighted by Gasteiger charge is 2.31. The number of aromatic nitrogens is 4. The van der Waals surface area contributed by atoms with Crippen LogP contribution in [0.2, 0.25) is 0 Å². The quantitative estimate of drug-likeness (QED) is 0.669. The smallest absolute Gasteiger partial charge is 0.225 e. The van der Waals surface area contributed by atoms with E-state index in [9.17, 15) is 5.11 Å². The number of benzene rings is 1. The Bertz CT molecular complexity index is 475. The molecule has 0 saturated carbocycles. The summed E-state index contributed by atoms with van der Waals surface area (Å²) in [6.45, 7) is 4.20. The third kappa shape index (κ3) is 2.17. The van der Waals surface area contributed by atoms with Crippen molar-refractivity contribution < 1.29 is 5.11 Å². The Morgan fingerprint density at radius 1 is 1.29 bits per heavy atom. The van der Waals surface area contributed by atoms with Crippen molar-refractivity contribution in [3.05, 3.63) is 41.2 Å². The maximum absolute atomic E-state index is 10.2. The van der Waals surface area contributed by atoms with E-state index in [1.807, 2.05) is 12.1 Å². The van der Waals surface area contributed by atoms with Crippen LogP contribution in [0, 0.1) is 0 Å². The monoisotopic (exact) mass is 233 g/mol. The molecule has 0 saturated heterocycles. The van der Waals surface area contributed by atoms with Gasteiger partial charge in [-0.25, -0.2) is 0 Å². The minimum absolute atomic E-state index is 0.0507. The summed E-state index contributed by atoms with van der Waals surface area (Å²) in [6, 6.07) is 7.40. The van der Waals surface area contributed by atoms with Crippen molar-refractivity contribution in [3.8, 4) is 0 Å². The molecule has 1 heterocycles. The number of rotatable bonds is 3. The van der Waals surface area contributed by atoms with Crippen LogP contribution in [-0.4, -0.2) is 25.7 Å². The van der Waals surface area contributed by atoms with Gasteiger partial charge in [0.2, 0.25) is 11.5 Å². The van der Waals surface area contributed by atoms with Gasteiger partial charge in [-0.05, 0) is 16.7 Å². The molecule has 6 nitrogen and oxygen atoms in total. The van der Waals surface area contributed by atoms with Crippen LogP contribution in [0.4, 0.5) is 0 Å². The van der Waals surface area contributed by atoms with E-state index < -0.39 is 5.72 Å². The van der Waals surface area contributed by atoms with Crippen LogP contribution in [0.15, 0.2) is 24.3 Å². The molecule has 0 aliphatic rings. The summed E-state index contributed by atoms with van der Waals surface area (Å²) >= 11 is 0. The molecule has 0 aliphatic carbocycles. The number of nitrogens with zero attached hydrogens (tertiary/aromatic N) is 3. The molecule has 90 valence electrons. The van der Waals surface area contributed by atoms with E-state index in [0.717, 1.165) is 0 Å². The second-order valence-corrected chi connectivity index (χ2v) is 4.28. The molecule has 1 unspecified atom stereocenters. The molecule has 0 radical (unpaired) electrons. The van der Waals surface area contributed by atoms with Crippen molar-refractivity contribution in [2.45, 2.75) is 25.5 Å². The van der Waals surface area contributed by atoms with Crippen molar-refractivity contribution >= 4 is 0 Å². The second kappa shape index (κ2) is 4.23. The van der Waals surface area contributed by atoms with Crippen LogP contribution in [-0.2, 0) is 5.72 Å². The number of hydrogen-bond acceptors (Lipinski definition) is 5. The number of hydrogen-bond donors (Lipinski definition) is 3. The lowest BCUT2D eigenvalue weighted by molar-refractivity contribution is 0.0785. The van der Waals surface area contributed by atoms with Crippen LogP contribution in [0.5, 0.6) is 0 Å². The van der Waals surface area contributed by atoms with E-state index in [1.54, 1.807) is 12.1 Å². The third-order valence-corrected chi connectivity index (χ3v) is 2.70. The number of H-pyrrole nitrogens is 1.